The molecule has 92 valence electrons. The van der Waals surface area contributed by atoms with Gasteiger partial charge in [0.1, 0.15) is 0 Å². The van der Waals surface area contributed by atoms with Gasteiger partial charge in [-0.2, -0.15) is 0 Å². The standard InChI is InChI=1S/C9H9NO7/c1-5(11)16-9(17-6(2)12)8-7(10(13)14)3-4-15-8/h3-4,9H,1-2H3. The van der Waals surface area contributed by atoms with Gasteiger partial charge in [-0.15, -0.1) is 0 Å². The molecule has 1 aromatic rings. The highest BCUT2D eigenvalue weighted by molar-refractivity contribution is 5.68. The smallest absolute Gasteiger partial charge is 0.318 e. The molecule has 0 atom stereocenters. The van der Waals surface area contributed by atoms with E-state index in [1.165, 1.54) is 0 Å². The van der Waals surface area contributed by atoms with Crippen molar-refractivity contribution in [2.24, 2.45) is 0 Å². The van der Waals surface area contributed by atoms with E-state index < -0.39 is 28.8 Å². The van der Waals surface area contributed by atoms with E-state index in [2.05, 4.69) is 9.47 Å². The number of ether oxygens (including phenoxy) is 2. The van der Waals surface area contributed by atoms with Crippen LogP contribution in [-0.4, -0.2) is 16.9 Å². The largest absolute Gasteiger partial charge is 0.455 e. The molecule has 0 spiro atoms. The van der Waals surface area contributed by atoms with Crippen LogP contribution in [0.5, 0.6) is 0 Å². The number of hydrogen-bond acceptors (Lipinski definition) is 7. The Labute approximate surface area is 95.3 Å². The minimum Gasteiger partial charge on any atom is -0.455 e. The van der Waals surface area contributed by atoms with Crippen LogP contribution in [0.4, 0.5) is 5.69 Å². The van der Waals surface area contributed by atoms with Crippen LogP contribution in [0.2, 0.25) is 0 Å². The van der Waals surface area contributed by atoms with Crippen molar-refractivity contribution >= 4 is 17.6 Å². The highest BCUT2D eigenvalue weighted by Crippen LogP contribution is 2.29. The topological polar surface area (TPSA) is 109 Å². The van der Waals surface area contributed by atoms with E-state index in [4.69, 9.17) is 4.42 Å². The molecule has 0 aliphatic heterocycles. The van der Waals surface area contributed by atoms with Gasteiger partial charge < -0.3 is 13.9 Å². The lowest BCUT2D eigenvalue weighted by Gasteiger charge is -2.13. The van der Waals surface area contributed by atoms with E-state index in [9.17, 15) is 19.7 Å². The number of carbonyl (C=O) groups excluding carboxylic acids is 2. The highest BCUT2D eigenvalue weighted by Gasteiger charge is 2.30. The van der Waals surface area contributed by atoms with Gasteiger partial charge in [-0.25, -0.2) is 0 Å². The fourth-order valence-corrected chi connectivity index (χ4v) is 1.07. The molecule has 1 rings (SSSR count). The van der Waals surface area contributed by atoms with Crippen LogP contribution in [0.25, 0.3) is 0 Å². The molecule has 8 nitrogen and oxygen atoms in total. The lowest BCUT2D eigenvalue weighted by Crippen LogP contribution is -2.15. The number of furan rings is 1. The molecule has 17 heavy (non-hydrogen) atoms. The van der Waals surface area contributed by atoms with Crippen LogP contribution in [0.3, 0.4) is 0 Å². The molecule has 0 N–H and O–H groups in total. The first-order valence-corrected chi connectivity index (χ1v) is 4.48. The summed E-state index contributed by atoms with van der Waals surface area (Å²) in [6, 6.07) is 1.06. The molecule has 0 aromatic carbocycles. The first-order chi connectivity index (χ1) is 7.91. The average molecular weight is 243 g/mol. The maximum absolute atomic E-state index is 10.8. The summed E-state index contributed by atoms with van der Waals surface area (Å²) in [5.41, 5.74) is -0.433. The first-order valence-electron chi connectivity index (χ1n) is 4.48. The van der Waals surface area contributed by atoms with Crippen molar-refractivity contribution in [3.8, 4) is 0 Å². The summed E-state index contributed by atoms with van der Waals surface area (Å²) in [5.74, 6) is -1.87. The zero-order chi connectivity index (χ0) is 13.0. The Morgan fingerprint density at radius 3 is 2.29 bits per heavy atom. The number of hydrogen-bond donors (Lipinski definition) is 0. The van der Waals surface area contributed by atoms with Gasteiger partial charge in [-0.1, -0.05) is 0 Å². The number of esters is 2. The van der Waals surface area contributed by atoms with E-state index in [1.54, 1.807) is 0 Å². The van der Waals surface area contributed by atoms with Crippen LogP contribution >= 0.6 is 0 Å². The fourth-order valence-electron chi connectivity index (χ4n) is 1.07. The van der Waals surface area contributed by atoms with Gasteiger partial charge in [-0.3, -0.25) is 19.7 Å². The van der Waals surface area contributed by atoms with Crippen molar-refractivity contribution < 1.29 is 28.4 Å². The lowest BCUT2D eigenvalue weighted by molar-refractivity contribution is -0.387. The summed E-state index contributed by atoms with van der Waals surface area (Å²) in [6.07, 6.45) is -0.520. The lowest BCUT2D eigenvalue weighted by atomic mass is 10.3. The zero-order valence-corrected chi connectivity index (χ0v) is 9.04. The third-order valence-electron chi connectivity index (χ3n) is 1.63. The molecule has 1 heterocycles. The maximum atomic E-state index is 10.8. The third kappa shape index (κ3) is 3.30. The molecule has 0 unspecified atom stereocenters. The van der Waals surface area contributed by atoms with E-state index in [0.29, 0.717) is 0 Å². The van der Waals surface area contributed by atoms with E-state index in [0.717, 1.165) is 26.2 Å². The summed E-state index contributed by atoms with van der Waals surface area (Å²) in [6.45, 7) is 2.15. The molecule has 0 aliphatic carbocycles. The quantitative estimate of drug-likeness (QED) is 0.339. The Morgan fingerprint density at radius 1 is 1.35 bits per heavy atom. The van der Waals surface area contributed by atoms with Gasteiger partial charge in [0.2, 0.25) is 0 Å². The predicted molar refractivity (Wildman–Crippen MR) is 51.6 cm³/mol. The monoisotopic (exact) mass is 243 g/mol. The summed E-state index contributed by atoms with van der Waals surface area (Å²) in [4.78, 5) is 31.5. The Bertz CT molecular complexity index is 434. The summed E-state index contributed by atoms with van der Waals surface area (Å²) in [7, 11) is 0. The van der Waals surface area contributed by atoms with Gasteiger partial charge in [0.25, 0.3) is 5.76 Å². The second kappa shape index (κ2) is 5.10. The summed E-state index contributed by atoms with van der Waals surface area (Å²) >= 11 is 0. The molecular weight excluding hydrogens is 234 g/mol. The minimum absolute atomic E-state index is 0.347. The third-order valence-corrected chi connectivity index (χ3v) is 1.63. The van der Waals surface area contributed by atoms with Crippen molar-refractivity contribution in [1.29, 1.82) is 0 Å². The van der Waals surface area contributed by atoms with Crippen molar-refractivity contribution in [1.82, 2.24) is 0 Å². The molecule has 0 aliphatic rings. The van der Waals surface area contributed by atoms with Gasteiger partial charge in [0, 0.05) is 13.8 Å². The molecule has 0 saturated carbocycles. The number of nitrogens with zero attached hydrogens (tertiary/aromatic N) is 1. The molecule has 1 aromatic heterocycles. The van der Waals surface area contributed by atoms with Gasteiger partial charge in [-0.05, 0) is 0 Å². The fraction of sp³-hybridized carbons (Fsp3) is 0.333. The van der Waals surface area contributed by atoms with Crippen LogP contribution in [0, 0.1) is 10.1 Å². The average Bonchev–Trinajstić information content (AvgIpc) is 2.62. The second-order valence-corrected chi connectivity index (χ2v) is 2.98. The van der Waals surface area contributed by atoms with Crippen molar-refractivity contribution in [2.75, 3.05) is 0 Å². The van der Waals surface area contributed by atoms with E-state index in [-0.39, 0.29) is 5.76 Å². The molecular formula is C9H9NO7. The zero-order valence-electron chi connectivity index (χ0n) is 9.04. The Balaban J connectivity index is 3.03. The maximum Gasteiger partial charge on any atom is 0.318 e. The second-order valence-electron chi connectivity index (χ2n) is 2.98. The van der Waals surface area contributed by atoms with Gasteiger partial charge >= 0.3 is 23.9 Å². The van der Waals surface area contributed by atoms with Crippen LogP contribution in [0.1, 0.15) is 25.9 Å². The SMILES string of the molecule is CC(=O)OC(OC(C)=O)c1occc1[N+](=O)[O-]. The molecule has 0 radical (unpaired) electrons. The Kier molecular flexibility index (Phi) is 3.81. The number of carbonyl (C=O) groups is 2. The van der Waals surface area contributed by atoms with Crippen molar-refractivity contribution in [3.63, 3.8) is 0 Å². The van der Waals surface area contributed by atoms with E-state index in [1.807, 2.05) is 0 Å². The van der Waals surface area contributed by atoms with Crippen LogP contribution in [0.15, 0.2) is 16.7 Å². The van der Waals surface area contributed by atoms with Gasteiger partial charge in [0.05, 0.1) is 17.3 Å². The Hall–Kier alpha value is -2.38. The molecule has 8 heteroatoms. The van der Waals surface area contributed by atoms with Gasteiger partial charge in [0.15, 0.2) is 0 Å². The van der Waals surface area contributed by atoms with Crippen molar-refractivity contribution in [2.45, 2.75) is 20.1 Å². The predicted octanol–water partition coefficient (Wildman–Crippen LogP) is 1.31. The minimum atomic E-state index is -1.56. The molecule has 0 saturated heterocycles. The van der Waals surface area contributed by atoms with E-state index >= 15 is 0 Å². The van der Waals surface area contributed by atoms with Crippen molar-refractivity contribution in [3.05, 3.63) is 28.2 Å². The molecule has 0 bridgehead atoms. The summed E-state index contributed by atoms with van der Waals surface area (Å²) < 4.78 is 14.0. The first kappa shape index (κ1) is 12.7. The molecule has 0 amide bonds. The molecule has 0 fully saturated rings. The van der Waals surface area contributed by atoms with Crippen LogP contribution < -0.4 is 0 Å². The van der Waals surface area contributed by atoms with Crippen LogP contribution in [-0.2, 0) is 19.1 Å². The number of nitro groups is 1. The normalized spacial score (nSPS) is 10.1. The number of rotatable bonds is 4. The summed E-state index contributed by atoms with van der Waals surface area (Å²) in [5, 5.41) is 10.6. The Morgan fingerprint density at radius 2 is 1.88 bits per heavy atom. The highest BCUT2D eigenvalue weighted by atomic mass is 16.7.